The monoisotopic (exact) mass is 478 g/mol. The lowest BCUT2D eigenvalue weighted by Crippen LogP contribution is -2.69. The second-order valence-corrected chi connectivity index (χ2v) is 14.1. The fourth-order valence-corrected chi connectivity index (χ4v) is 9.42. The molecule has 0 spiro atoms. The molecule has 6 heteroatoms. The van der Waals surface area contributed by atoms with Crippen molar-refractivity contribution in [3.8, 4) is 0 Å². The molecule has 3 aromatic rings. The molecule has 34 heavy (non-hydrogen) atoms. The molecular formula is C28H34O5Si. The SMILES string of the molecule is CC(C)(C)[Si](O[C@@H]1[C@H](O)[C@@H](COCc2ccccc2)O[C@H]1O)(c1ccccc1)c1ccccc1. The Labute approximate surface area is 203 Å². The minimum absolute atomic E-state index is 0.160. The van der Waals surface area contributed by atoms with Gasteiger partial charge in [-0.2, -0.15) is 0 Å². The summed E-state index contributed by atoms with van der Waals surface area (Å²) in [5, 5.41) is 23.9. The Kier molecular flexibility index (Phi) is 7.67. The highest BCUT2D eigenvalue weighted by Crippen LogP contribution is 2.39. The lowest BCUT2D eigenvalue weighted by Gasteiger charge is -2.45. The Bertz CT molecular complexity index is 983. The van der Waals surface area contributed by atoms with Crippen molar-refractivity contribution in [3.63, 3.8) is 0 Å². The van der Waals surface area contributed by atoms with Crippen molar-refractivity contribution in [2.45, 2.75) is 57.0 Å². The second kappa shape index (κ2) is 10.5. The fraction of sp³-hybridized carbons (Fsp3) is 0.357. The molecule has 0 amide bonds. The van der Waals surface area contributed by atoms with E-state index in [0.717, 1.165) is 15.9 Å². The molecule has 2 N–H and O–H groups in total. The molecule has 1 aliphatic rings. The summed E-state index contributed by atoms with van der Waals surface area (Å²) in [6.45, 7) is 7.05. The third-order valence-corrected chi connectivity index (χ3v) is 11.5. The average Bonchev–Trinajstić information content (AvgIpc) is 3.10. The molecule has 4 atom stereocenters. The van der Waals surface area contributed by atoms with Crippen LogP contribution in [0.5, 0.6) is 0 Å². The van der Waals surface area contributed by atoms with Crippen LogP contribution in [0.2, 0.25) is 5.04 Å². The summed E-state index contributed by atoms with van der Waals surface area (Å²) >= 11 is 0. The standard InChI is InChI=1S/C28H34O5Si/c1-28(2,3)34(22-15-9-5-10-16-22,23-17-11-6-12-18-23)33-26-25(29)24(32-27(26)30)20-31-19-21-13-7-4-8-14-21/h4-18,24-27,29-30H,19-20H2,1-3H3/t24-,25-,26-,27-/m1/s1. The first kappa shape index (κ1) is 24.8. The number of benzene rings is 3. The number of ether oxygens (including phenoxy) is 2. The van der Waals surface area contributed by atoms with Gasteiger partial charge in [0.2, 0.25) is 0 Å². The largest absolute Gasteiger partial charge is 0.396 e. The van der Waals surface area contributed by atoms with Crippen molar-refractivity contribution in [1.29, 1.82) is 0 Å². The van der Waals surface area contributed by atoms with Gasteiger partial charge in [0.05, 0.1) is 13.2 Å². The maximum absolute atomic E-state index is 11.2. The highest BCUT2D eigenvalue weighted by molar-refractivity contribution is 6.99. The van der Waals surface area contributed by atoms with Crippen LogP contribution < -0.4 is 10.4 Å². The van der Waals surface area contributed by atoms with Crippen molar-refractivity contribution in [2.75, 3.05) is 6.61 Å². The van der Waals surface area contributed by atoms with Gasteiger partial charge in [0, 0.05) is 0 Å². The van der Waals surface area contributed by atoms with Crippen LogP contribution in [-0.4, -0.2) is 49.7 Å². The van der Waals surface area contributed by atoms with E-state index in [4.69, 9.17) is 13.9 Å². The highest BCUT2D eigenvalue weighted by atomic mass is 28.4. The van der Waals surface area contributed by atoms with E-state index in [9.17, 15) is 10.2 Å². The summed E-state index contributed by atoms with van der Waals surface area (Å²) < 4.78 is 18.4. The Balaban J connectivity index is 1.60. The minimum atomic E-state index is -2.95. The Morgan fingerprint density at radius 1 is 0.794 bits per heavy atom. The van der Waals surface area contributed by atoms with E-state index in [1.165, 1.54) is 0 Å². The van der Waals surface area contributed by atoms with Gasteiger partial charge in [-0.25, -0.2) is 0 Å². The van der Waals surface area contributed by atoms with Crippen LogP contribution in [0.1, 0.15) is 26.3 Å². The molecule has 1 heterocycles. The maximum Gasteiger partial charge on any atom is 0.261 e. The summed E-state index contributed by atoms with van der Waals surface area (Å²) in [5.74, 6) is 0. The summed E-state index contributed by atoms with van der Waals surface area (Å²) in [4.78, 5) is 0. The van der Waals surface area contributed by atoms with Gasteiger partial charge in [-0.15, -0.1) is 0 Å². The molecule has 0 radical (unpaired) electrons. The first-order valence-corrected chi connectivity index (χ1v) is 13.7. The molecule has 3 aromatic carbocycles. The fourth-order valence-electron chi connectivity index (χ4n) is 4.75. The van der Waals surface area contributed by atoms with Crippen LogP contribution in [0.15, 0.2) is 91.0 Å². The van der Waals surface area contributed by atoms with Crippen molar-refractivity contribution >= 4 is 18.7 Å². The molecule has 4 rings (SSSR count). The van der Waals surface area contributed by atoms with Gasteiger partial charge in [-0.3, -0.25) is 0 Å². The van der Waals surface area contributed by atoms with Crippen molar-refractivity contribution in [1.82, 2.24) is 0 Å². The van der Waals surface area contributed by atoms with Crippen molar-refractivity contribution in [2.24, 2.45) is 0 Å². The maximum atomic E-state index is 11.2. The molecule has 5 nitrogen and oxygen atoms in total. The van der Waals surface area contributed by atoms with Gasteiger partial charge < -0.3 is 24.1 Å². The van der Waals surface area contributed by atoms with Gasteiger partial charge in [0.25, 0.3) is 8.32 Å². The zero-order valence-electron chi connectivity index (χ0n) is 20.0. The second-order valence-electron chi connectivity index (χ2n) is 9.80. The minimum Gasteiger partial charge on any atom is -0.396 e. The third-order valence-electron chi connectivity index (χ3n) is 6.44. The van der Waals surface area contributed by atoms with Crippen LogP contribution in [0, 0.1) is 0 Å². The number of rotatable bonds is 8. The van der Waals surface area contributed by atoms with Crippen molar-refractivity contribution in [3.05, 3.63) is 96.6 Å². The molecule has 0 unspecified atom stereocenters. The molecule has 1 saturated heterocycles. The molecular weight excluding hydrogens is 444 g/mol. The molecule has 180 valence electrons. The van der Waals surface area contributed by atoms with Gasteiger partial charge in [0.15, 0.2) is 6.29 Å². The third kappa shape index (κ3) is 5.03. The first-order valence-electron chi connectivity index (χ1n) is 11.7. The van der Waals surface area contributed by atoms with Crippen LogP contribution >= 0.6 is 0 Å². The van der Waals surface area contributed by atoms with Crippen LogP contribution in [0.3, 0.4) is 0 Å². The van der Waals surface area contributed by atoms with E-state index in [0.29, 0.717) is 6.61 Å². The molecule has 0 saturated carbocycles. The molecule has 0 aromatic heterocycles. The lowest BCUT2D eigenvalue weighted by molar-refractivity contribution is -0.135. The van der Waals surface area contributed by atoms with Crippen LogP contribution in [0.25, 0.3) is 0 Å². The zero-order chi connectivity index (χ0) is 24.2. The predicted molar refractivity (Wildman–Crippen MR) is 135 cm³/mol. The van der Waals surface area contributed by atoms with Gasteiger partial charge in [0.1, 0.15) is 18.3 Å². The van der Waals surface area contributed by atoms with E-state index < -0.39 is 32.9 Å². The summed E-state index contributed by atoms with van der Waals surface area (Å²) in [5.41, 5.74) is 1.04. The zero-order valence-corrected chi connectivity index (χ0v) is 21.0. The Morgan fingerprint density at radius 2 is 1.29 bits per heavy atom. The molecule has 0 bridgehead atoms. The topological polar surface area (TPSA) is 68.2 Å². The van der Waals surface area contributed by atoms with Crippen molar-refractivity contribution < 1.29 is 24.1 Å². The van der Waals surface area contributed by atoms with Gasteiger partial charge in [-0.1, -0.05) is 112 Å². The number of hydrogen-bond acceptors (Lipinski definition) is 5. The van der Waals surface area contributed by atoms with Crippen LogP contribution in [-0.2, 0) is 20.5 Å². The number of hydrogen-bond donors (Lipinski definition) is 2. The molecule has 1 fully saturated rings. The molecule has 1 aliphatic heterocycles. The van der Waals surface area contributed by atoms with E-state index in [1.807, 2.05) is 66.7 Å². The molecule has 0 aliphatic carbocycles. The first-order chi connectivity index (χ1) is 16.3. The Morgan fingerprint density at radius 3 is 1.79 bits per heavy atom. The van der Waals surface area contributed by atoms with E-state index in [-0.39, 0.29) is 11.6 Å². The lowest BCUT2D eigenvalue weighted by atomic mass is 10.1. The smallest absolute Gasteiger partial charge is 0.261 e. The Hall–Kier alpha value is -2.32. The number of aliphatic hydroxyl groups excluding tert-OH is 2. The quantitative estimate of drug-likeness (QED) is 0.487. The highest BCUT2D eigenvalue weighted by Gasteiger charge is 2.55. The normalized spacial score (nSPS) is 23.2. The predicted octanol–water partition coefficient (Wildman–Crippen LogP) is 3.23. The van der Waals surface area contributed by atoms with E-state index in [2.05, 4.69) is 45.0 Å². The van der Waals surface area contributed by atoms with Gasteiger partial charge >= 0.3 is 0 Å². The summed E-state index contributed by atoms with van der Waals surface area (Å²) in [6, 6.07) is 30.2. The van der Waals surface area contributed by atoms with E-state index >= 15 is 0 Å². The number of aliphatic hydroxyl groups is 2. The average molecular weight is 479 g/mol. The van der Waals surface area contributed by atoms with E-state index in [1.54, 1.807) is 0 Å². The summed E-state index contributed by atoms with van der Waals surface area (Å²) in [6.07, 6.45) is -3.84. The van der Waals surface area contributed by atoms with Gasteiger partial charge in [-0.05, 0) is 21.0 Å². The summed E-state index contributed by atoms with van der Waals surface area (Å²) in [7, 11) is -2.95. The van der Waals surface area contributed by atoms with Crippen LogP contribution in [0.4, 0.5) is 0 Å².